The molecule has 0 unspecified atom stereocenters. The number of aromatic nitrogens is 2. The summed E-state index contributed by atoms with van der Waals surface area (Å²) in [6.45, 7) is 4.99. The fraction of sp³-hybridized carbons (Fsp3) is 0.250. The zero-order valence-electron chi connectivity index (χ0n) is 12.0. The topological polar surface area (TPSA) is 51.0 Å². The molecule has 2 heterocycles. The lowest BCUT2D eigenvalue weighted by atomic mass is 10.1. The van der Waals surface area contributed by atoms with Crippen LogP contribution in [0.1, 0.15) is 18.9 Å². The van der Waals surface area contributed by atoms with Gasteiger partial charge in [-0.1, -0.05) is 18.5 Å². The van der Waals surface area contributed by atoms with Crippen molar-refractivity contribution in [3.05, 3.63) is 41.2 Å². The number of anilines is 1. The van der Waals surface area contributed by atoms with Crippen LogP contribution in [0.4, 0.5) is 5.82 Å². The lowest BCUT2D eigenvalue weighted by Crippen LogP contribution is -2.05. The predicted octanol–water partition coefficient (Wildman–Crippen LogP) is 4.67. The molecule has 2 aromatic heterocycles. The molecule has 21 heavy (non-hydrogen) atoms. The molecule has 3 aromatic rings. The van der Waals surface area contributed by atoms with Crippen molar-refractivity contribution in [3.8, 4) is 11.5 Å². The van der Waals surface area contributed by atoms with Crippen LogP contribution >= 0.6 is 11.6 Å². The number of hydrogen-bond donors (Lipinski definition) is 1. The van der Waals surface area contributed by atoms with Crippen LogP contribution < -0.4 is 5.32 Å². The molecule has 0 spiro atoms. The van der Waals surface area contributed by atoms with E-state index in [1.807, 2.05) is 31.2 Å². The van der Waals surface area contributed by atoms with Crippen LogP contribution in [0.3, 0.4) is 0 Å². The van der Waals surface area contributed by atoms with Crippen molar-refractivity contribution in [1.82, 2.24) is 9.97 Å². The summed E-state index contributed by atoms with van der Waals surface area (Å²) in [6.07, 6.45) is 2.60. The number of nitrogens with zero attached hydrogens (tertiary/aromatic N) is 2. The molecule has 0 aliphatic rings. The quantitative estimate of drug-likeness (QED) is 0.760. The highest BCUT2D eigenvalue weighted by Gasteiger charge is 2.13. The second kappa shape index (κ2) is 5.74. The Balaban J connectivity index is 2.05. The van der Waals surface area contributed by atoms with Crippen LogP contribution in [-0.2, 0) is 0 Å². The summed E-state index contributed by atoms with van der Waals surface area (Å²) in [4.78, 5) is 8.64. The van der Waals surface area contributed by atoms with Gasteiger partial charge in [-0.2, -0.15) is 0 Å². The van der Waals surface area contributed by atoms with Gasteiger partial charge in [-0.15, -0.1) is 0 Å². The highest BCUT2D eigenvalue weighted by molar-refractivity contribution is 6.31. The van der Waals surface area contributed by atoms with Crippen LogP contribution in [0, 0.1) is 6.92 Å². The minimum atomic E-state index is 0.694. The maximum atomic E-state index is 6.01. The number of hydrogen-bond acceptors (Lipinski definition) is 4. The molecule has 0 fully saturated rings. The van der Waals surface area contributed by atoms with Gasteiger partial charge in [-0.3, -0.25) is 0 Å². The van der Waals surface area contributed by atoms with E-state index in [0.29, 0.717) is 5.02 Å². The van der Waals surface area contributed by atoms with Crippen LogP contribution in [0.15, 0.2) is 35.0 Å². The van der Waals surface area contributed by atoms with Gasteiger partial charge >= 0.3 is 0 Å². The van der Waals surface area contributed by atoms with E-state index >= 15 is 0 Å². The molecule has 1 aromatic carbocycles. The van der Waals surface area contributed by atoms with Crippen LogP contribution in [0.2, 0.25) is 5.02 Å². The molecule has 1 N–H and O–H groups in total. The minimum absolute atomic E-state index is 0.694. The number of furan rings is 1. The van der Waals surface area contributed by atoms with Gasteiger partial charge in [0.25, 0.3) is 0 Å². The first-order valence-corrected chi connectivity index (χ1v) is 7.31. The Bertz CT molecular complexity index is 782. The number of fused-ring (bicyclic) bond motifs is 1. The maximum absolute atomic E-state index is 6.01. The number of halogens is 1. The van der Waals surface area contributed by atoms with Gasteiger partial charge in [-0.25, -0.2) is 9.97 Å². The van der Waals surface area contributed by atoms with Crippen molar-refractivity contribution < 1.29 is 4.42 Å². The largest absolute Gasteiger partial charge is 0.454 e. The standard InChI is InChI=1S/C16H16ClN3O/c1-3-6-18-16-10(2)15(19-9-20-16)14-8-11-7-12(17)4-5-13(11)21-14/h4-5,7-9H,3,6H2,1-2H3,(H,18,19,20). The number of nitrogens with one attached hydrogen (secondary N) is 1. The Labute approximate surface area is 128 Å². The van der Waals surface area contributed by atoms with Crippen LogP contribution in [-0.4, -0.2) is 16.5 Å². The molecule has 3 rings (SSSR count). The number of rotatable bonds is 4. The third-order valence-electron chi connectivity index (χ3n) is 3.34. The van der Waals surface area contributed by atoms with E-state index in [1.165, 1.54) is 0 Å². The molecule has 0 aliphatic heterocycles. The summed E-state index contributed by atoms with van der Waals surface area (Å²) in [5, 5.41) is 4.97. The lowest BCUT2D eigenvalue weighted by Gasteiger charge is -2.09. The van der Waals surface area contributed by atoms with Crippen molar-refractivity contribution in [1.29, 1.82) is 0 Å². The summed E-state index contributed by atoms with van der Waals surface area (Å²) in [5.74, 6) is 1.58. The highest BCUT2D eigenvalue weighted by Crippen LogP contribution is 2.31. The summed E-state index contributed by atoms with van der Waals surface area (Å²) < 4.78 is 5.87. The van der Waals surface area contributed by atoms with E-state index in [4.69, 9.17) is 16.0 Å². The average molecular weight is 302 g/mol. The Morgan fingerprint density at radius 3 is 2.90 bits per heavy atom. The summed E-state index contributed by atoms with van der Waals surface area (Å²) in [7, 11) is 0. The van der Waals surface area contributed by atoms with E-state index in [1.54, 1.807) is 6.33 Å². The molecule has 0 bridgehead atoms. The Hall–Kier alpha value is -2.07. The normalized spacial score (nSPS) is 11.0. The molecular weight excluding hydrogens is 286 g/mol. The smallest absolute Gasteiger partial charge is 0.154 e. The third kappa shape index (κ3) is 2.72. The second-order valence-corrected chi connectivity index (χ2v) is 5.35. The van der Waals surface area contributed by atoms with Gasteiger partial charge in [0.05, 0.1) is 0 Å². The highest BCUT2D eigenvalue weighted by atomic mass is 35.5. The summed E-state index contributed by atoms with van der Waals surface area (Å²) in [6, 6.07) is 7.53. The fourth-order valence-corrected chi connectivity index (χ4v) is 2.43. The molecule has 108 valence electrons. The first kappa shape index (κ1) is 13.9. The third-order valence-corrected chi connectivity index (χ3v) is 3.57. The molecule has 0 saturated carbocycles. The average Bonchev–Trinajstić information content (AvgIpc) is 2.89. The van der Waals surface area contributed by atoms with Crippen LogP contribution in [0.5, 0.6) is 0 Å². The SMILES string of the molecule is CCCNc1ncnc(-c2cc3cc(Cl)ccc3o2)c1C. The van der Waals surface area contributed by atoms with Gasteiger partial charge in [0.2, 0.25) is 0 Å². The molecule has 5 heteroatoms. The van der Waals surface area contributed by atoms with E-state index in [9.17, 15) is 0 Å². The van der Waals surface area contributed by atoms with Gasteiger partial charge < -0.3 is 9.73 Å². The molecule has 0 radical (unpaired) electrons. The van der Waals surface area contributed by atoms with E-state index in [0.717, 1.165) is 46.8 Å². The molecule has 4 nitrogen and oxygen atoms in total. The molecule has 0 aliphatic carbocycles. The Morgan fingerprint density at radius 2 is 2.10 bits per heavy atom. The first-order valence-electron chi connectivity index (χ1n) is 6.94. The summed E-state index contributed by atoms with van der Waals surface area (Å²) >= 11 is 6.01. The summed E-state index contributed by atoms with van der Waals surface area (Å²) in [5.41, 5.74) is 2.59. The zero-order valence-corrected chi connectivity index (χ0v) is 12.7. The van der Waals surface area contributed by atoms with Gasteiger partial charge in [0.15, 0.2) is 5.76 Å². The predicted molar refractivity (Wildman–Crippen MR) is 85.8 cm³/mol. The Morgan fingerprint density at radius 1 is 1.24 bits per heavy atom. The zero-order chi connectivity index (χ0) is 14.8. The van der Waals surface area contributed by atoms with Crippen molar-refractivity contribution in [3.63, 3.8) is 0 Å². The Kier molecular flexibility index (Phi) is 3.80. The van der Waals surface area contributed by atoms with Gasteiger partial charge in [-0.05, 0) is 37.6 Å². The van der Waals surface area contributed by atoms with Gasteiger partial charge in [0.1, 0.15) is 23.4 Å². The molecule has 0 atom stereocenters. The number of benzene rings is 1. The van der Waals surface area contributed by atoms with Gasteiger partial charge in [0, 0.05) is 22.5 Å². The first-order chi connectivity index (χ1) is 10.2. The molecular formula is C16H16ClN3O. The molecule has 0 saturated heterocycles. The fourth-order valence-electron chi connectivity index (χ4n) is 2.25. The van der Waals surface area contributed by atoms with Crippen molar-refractivity contribution in [2.75, 3.05) is 11.9 Å². The van der Waals surface area contributed by atoms with Crippen molar-refractivity contribution >= 4 is 28.4 Å². The van der Waals surface area contributed by atoms with Crippen molar-refractivity contribution in [2.45, 2.75) is 20.3 Å². The maximum Gasteiger partial charge on any atom is 0.154 e. The van der Waals surface area contributed by atoms with E-state index in [2.05, 4.69) is 22.2 Å². The van der Waals surface area contributed by atoms with Crippen molar-refractivity contribution in [2.24, 2.45) is 0 Å². The second-order valence-electron chi connectivity index (χ2n) is 4.92. The van der Waals surface area contributed by atoms with E-state index in [-0.39, 0.29) is 0 Å². The lowest BCUT2D eigenvalue weighted by molar-refractivity contribution is 0.627. The monoisotopic (exact) mass is 301 g/mol. The van der Waals surface area contributed by atoms with Crippen LogP contribution in [0.25, 0.3) is 22.4 Å². The molecule has 0 amide bonds. The van der Waals surface area contributed by atoms with E-state index < -0.39 is 0 Å². The minimum Gasteiger partial charge on any atom is -0.454 e.